The maximum atomic E-state index is 8.55. The number of nitrogen functional groups attached to an aromatic ring is 1. The third-order valence-corrected chi connectivity index (χ3v) is 6.17. The molecule has 0 saturated heterocycles. The van der Waals surface area contributed by atoms with E-state index in [1.165, 1.54) is 0 Å². The number of guanidine groups is 1. The summed E-state index contributed by atoms with van der Waals surface area (Å²) >= 11 is 0. The Morgan fingerprint density at radius 1 is 0.711 bits per heavy atom. The van der Waals surface area contributed by atoms with Crippen molar-refractivity contribution in [1.82, 2.24) is 25.4 Å². The Morgan fingerprint density at radius 3 is 2.18 bits per heavy atom. The Bertz CT molecular complexity index is 1740. The molecule has 0 fully saturated rings. The summed E-state index contributed by atoms with van der Waals surface area (Å²) in [6, 6.07) is 31.3. The summed E-state index contributed by atoms with van der Waals surface area (Å²) in [5.41, 5.74) is 13.1. The molecule has 3 aromatic heterocycles. The number of anilines is 3. The lowest BCUT2D eigenvalue weighted by atomic mass is 9.92. The number of nitrogens with one attached hydrogen (secondary N) is 4. The van der Waals surface area contributed by atoms with Gasteiger partial charge in [0.1, 0.15) is 0 Å². The molecule has 0 amide bonds. The van der Waals surface area contributed by atoms with Gasteiger partial charge in [0.15, 0.2) is 23.2 Å². The zero-order valence-corrected chi connectivity index (χ0v) is 20.2. The number of rotatable bonds is 5. The number of aromatic amines is 1. The fourth-order valence-corrected chi connectivity index (χ4v) is 4.43. The van der Waals surface area contributed by atoms with E-state index < -0.39 is 0 Å². The Hall–Kier alpha value is -5.57. The van der Waals surface area contributed by atoms with Crippen molar-refractivity contribution in [3.05, 3.63) is 103 Å². The molecule has 3 aromatic carbocycles. The molecule has 0 bridgehead atoms. The van der Waals surface area contributed by atoms with E-state index in [4.69, 9.17) is 11.1 Å². The van der Waals surface area contributed by atoms with Gasteiger partial charge in [-0.1, -0.05) is 72.8 Å². The van der Waals surface area contributed by atoms with Crippen LogP contribution in [0.2, 0.25) is 0 Å². The highest BCUT2D eigenvalue weighted by Crippen LogP contribution is 2.39. The molecule has 0 aliphatic rings. The average molecular weight is 498 g/mol. The van der Waals surface area contributed by atoms with Crippen LogP contribution in [0.25, 0.3) is 44.5 Å². The number of hydrogen-bond acceptors (Lipinski definition) is 6. The van der Waals surface area contributed by atoms with E-state index >= 15 is 0 Å². The van der Waals surface area contributed by atoms with E-state index in [1.54, 1.807) is 12.3 Å². The molecule has 6 N–H and O–H groups in total. The van der Waals surface area contributed by atoms with Gasteiger partial charge in [-0.15, -0.1) is 10.2 Å². The molecule has 0 saturated carbocycles. The monoisotopic (exact) mass is 497 g/mol. The predicted octanol–water partition coefficient (Wildman–Crippen LogP) is 5.79. The maximum Gasteiger partial charge on any atom is 0.198 e. The summed E-state index contributed by atoms with van der Waals surface area (Å²) in [5, 5.41) is 31.0. The van der Waals surface area contributed by atoms with Crippen LogP contribution >= 0.6 is 0 Å². The van der Waals surface area contributed by atoms with Crippen molar-refractivity contribution in [3.63, 3.8) is 0 Å². The molecule has 38 heavy (non-hydrogen) atoms. The van der Waals surface area contributed by atoms with Gasteiger partial charge in [0.05, 0.1) is 11.1 Å². The fourth-order valence-electron chi connectivity index (χ4n) is 4.43. The number of pyridine rings is 1. The second-order valence-corrected chi connectivity index (χ2v) is 8.58. The molecule has 184 valence electrons. The van der Waals surface area contributed by atoms with Gasteiger partial charge in [0.2, 0.25) is 0 Å². The van der Waals surface area contributed by atoms with E-state index in [-0.39, 0.29) is 5.96 Å². The largest absolute Gasteiger partial charge is 0.382 e. The van der Waals surface area contributed by atoms with E-state index in [2.05, 4.69) is 36.0 Å². The van der Waals surface area contributed by atoms with Gasteiger partial charge in [-0.2, -0.15) is 5.10 Å². The maximum absolute atomic E-state index is 8.55. The lowest BCUT2D eigenvalue weighted by Gasteiger charge is -2.17. The fraction of sp³-hybridized carbons (Fsp3) is 0. The number of benzene rings is 3. The Morgan fingerprint density at radius 2 is 1.42 bits per heavy atom. The number of H-pyrrole nitrogens is 1. The first-order valence-corrected chi connectivity index (χ1v) is 12.0. The van der Waals surface area contributed by atoms with Crippen LogP contribution in [0.4, 0.5) is 17.3 Å². The van der Waals surface area contributed by atoms with Crippen molar-refractivity contribution in [1.29, 1.82) is 5.41 Å². The third-order valence-electron chi connectivity index (χ3n) is 6.17. The molecule has 0 unspecified atom stereocenters. The van der Waals surface area contributed by atoms with E-state index in [9.17, 15) is 0 Å². The lowest BCUT2D eigenvalue weighted by molar-refractivity contribution is 1.04. The van der Waals surface area contributed by atoms with Gasteiger partial charge >= 0.3 is 0 Å². The van der Waals surface area contributed by atoms with E-state index in [1.807, 2.05) is 91.0 Å². The highest BCUT2D eigenvalue weighted by Gasteiger charge is 2.16. The summed E-state index contributed by atoms with van der Waals surface area (Å²) in [5.74, 6) is 0.937. The lowest BCUT2D eigenvalue weighted by Crippen LogP contribution is -2.21. The van der Waals surface area contributed by atoms with Crippen LogP contribution < -0.4 is 16.4 Å². The van der Waals surface area contributed by atoms with Crippen molar-refractivity contribution in [2.24, 2.45) is 0 Å². The summed E-state index contributed by atoms with van der Waals surface area (Å²) in [4.78, 5) is 4.35. The van der Waals surface area contributed by atoms with Gasteiger partial charge in [-0.05, 0) is 41.0 Å². The van der Waals surface area contributed by atoms with Gasteiger partial charge < -0.3 is 16.4 Å². The average Bonchev–Trinajstić information content (AvgIpc) is 3.35. The molecule has 6 rings (SSSR count). The quantitative estimate of drug-likeness (QED) is 0.150. The van der Waals surface area contributed by atoms with Gasteiger partial charge in [0.25, 0.3) is 0 Å². The molecule has 9 heteroatoms. The van der Waals surface area contributed by atoms with Crippen molar-refractivity contribution in [2.75, 3.05) is 16.4 Å². The number of para-hydroxylation sites is 1. The first kappa shape index (κ1) is 22.9. The van der Waals surface area contributed by atoms with Crippen molar-refractivity contribution >= 4 is 34.3 Å². The van der Waals surface area contributed by atoms with E-state index in [0.29, 0.717) is 17.3 Å². The second-order valence-electron chi connectivity index (χ2n) is 8.58. The van der Waals surface area contributed by atoms with Crippen LogP contribution in [0.1, 0.15) is 0 Å². The summed E-state index contributed by atoms with van der Waals surface area (Å²) < 4.78 is 0. The highest BCUT2D eigenvalue weighted by atomic mass is 15.2. The van der Waals surface area contributed by atoms with Gasteiger partial charge in [-0.25, -0.2) is 4.98 Å². The minimum atomic E-state index is 0.0714. The smallest absolute Gasteiger partial charge is 0.198 e. The first-order valence-electron chi connectivity index (χ1n) is 12.0. The van der Waals surface area contributed by atoms with Crippen LogP contribution in [-0.2, 0) is 0 Å². The molecule has 0 aliphatic heterocycles. The number of nitrogens with zero attached hydrogens (tertiary/aromatic N) is 4. The normalized spacial score (nSPS) is 10.8. The third kappa shape index (κ3) is 4.40. The molecule has 0 spiro atoms. The zero-order valence-electron chi connectivity index (χ0n) is 20.2. The van der Waals surface area contributed by atoms with Crippen molar-refractivity contribution in [3.8, 4) is 33.5 Å². The summed E-state index contributed by atoms with van der Waals surface area (Å²) in [6.07, 6.45) is 1.74. The molecular formula is C29H23N9. The molecule has 3 heterocycles. The minimum Gasteiger partial charge on any atom is -0.382 e. The number of hydrogen-bond donors (Lipinski definition) is 5. The topological polar surface area (TPSA) is 141 Å². The minimum absolute atomic E-state index is 0.0714. The molecule has 0 atom stereocenters. The molecule has 9 nitrogen and oxygen atoms in total. The van der Waals surface area contributed by atoms with Crippen LogP contribution in [0.5, 0.6) is 0 Å². The van der Waals surface area contributed by atoms with Crippen LogP contribution in [-0.4, -0.2) is 31.3 Å². The van der Waals surface area contributed by atoms with Crippen molar-refractivity contribution < 1.29 is 0 Å². The number of nitrogens with two attached hydrogens (primary N) is 1. The molecule has 0 aliphatic carbocycles. The molecule has 6 aromatic rings. The molecule has 0 radical (unpaired) electrons. The van der Waals surface area contributed by atoms with E-state index in [0.717, 1.165) is 44.6 Å². The zero-order chi connectivity index (χ0) is 25.9. The van der Waals surface area contributed by atoms with Crippen LogP contribution in [0.15, 0.2) is 103 Å². The summed E-state index contributed by atoms with van der Waals surface area (Å²) in [6.45, 7) is 0. The predicted molar refractivity (Wildman–Crippen MR) is 152 cm³/mol. The van der Waals surface area contributed by atoms with Crippen LogP contribution in [0, 0.1) is 5.41 Å². The first-order chi connectivity index (χ1) is 18.7. The molecular weight excluding hydrogens is 474 g/mol. The Balaban J connectivity index is 1.29. The SMILES string of the molecule is N=C(Nc1ccc(-c2ccccc2)nn1)Nc1ccccc1-c1ccccc1-c1ccnc2[nH]nc(N)c12. The van der Waals surface area contributed by atoms with Gasteiger partial charge in [0, 0.05) is 23.0 Å². The second kappa shape index (κ2) is 9.82. The van der Waals surface area contributed by atoms with Crippen molar-refractivity contribution in [2.45, 2.75) is 0 Å². The number of aromatic nitrogens is 5. The highest BCUT2D eigenvalue weighted by molar-refractivity contribution is 6.06. The number of fused-ring (bicyclic) bond motifs is 1. The Kier molecular flexibility index (Phi) is 5.91. The van der Waals surface area contributed by atoms with Crippen LogP contribution in [0.3, 0.4) is 0 Å². The van der Waals surface area contributed by atoms with Gasteiger partial charge in [-0.3, -0.25) is 10.5 Å². The summed E-state index contributed by atoms with van der Waals surface area (Å²) in [7, 11) is 0. The standard InChI is InChI=1S/C29H23N9/c30-27-26-22(16-17-32-28(26)38-37-27)20-11-5-4-10-19(20)21-12-6-7-13-24(21)33-29(31)34-25-15-14-23(35-36-25)18-8-2-1-3-9-18/h1-17H,(H3,30,32,37,38)(H3,31,33,34,36). The Labute approximate surface area is 218 Å².